The quantitative estimate of drug-likeness (QED) is 0.688. The molecular formula is C20H23F3N4O4S. The average Bonchev–Trinajstić information content (AvgIpc) is 3.43. The molecule has 2 atom stereocenters. The van der Waals surface area contributed by atoms with Crippen LogP contribution in [0.4, 0.5) is 19.1 Å². The number of nitrogens with one attached hydrogen (secondary N) is 1. The first-order chi connectivity index (χ1) is 15.2. The van der Waals surface area contributed by atoms with Crippen LogP contribution in [0.5, 0.6) is 0 Å². The van der Waals surface area contributed by atoms with E-state index in [-0.39, 0.29) is 17.4 Å². The summed E-state index contributed by atoms with van der Waals surface area (Å²) < 4.78 is 37.7. The van der Waals surface area contributed by atoms with Crippen LogP contribution in [0.25, 0.3) is 0 Å². The van der Waals surface area contributed by atoms with Gasteiger partial charge in [-0.05, 0) is 36.8 Å². The lowest BCUT2D eigenvalue weighted by atomic mass is 9.74. The average molecular weight is 472 g/mol. The summed E-state index contributed by atoms with van der Waals surface area (Å²) in [4.78, 5) is 32.9. The molecule has 0 aliphatic carbocycles. The fourth-order valence-corrected chi connectivity index (χ4v) is 4.64. The molecule has 0 radical (unpaired) electrons. The van der Waals surface area contributed by atoms with Crippen LogP contribution < -0.4 is 5.32 Å². The smallest absolute Gasteiger partial charge is 0.475 e. The van der Waals surface area contributed by atoms with E-state index >= 15 is 0 Å². The van der Waals surface area contributed by atoms with Gasteiger partial charge in [0, 0.05) is 44.0 Å². The fraction of sp³-hybridized carbons (Fsp3) is 0.500. The molecule has 2 saturated heterocycles. The van der Waals surface area contributed by atoms with Crippen molar-refractivity contribution in [3.63, 3.8) is 0 Å². The predicted molar refractivity (Wildman–Crippen MR) is 110 cm³/mol. The Kier molecular flexibility index (Phi) is 7.67. The van der Waals surface area contributed by atoms with Gasteiger partial charge in [0.2, 0.25) is 5.95 Å². The summed E-state index contributed by atoms with van der Waals surface area (Å²) in [5, 5.41) is 12.4. The molecule has 0 aromatic carbocycles. The van der Waals surface area contributed by atoms with E-state index in [0.717, 1.165) is 50.4 Å². The molecule has 1 amide bonds. The van der Waals surface area contributed by atoms with Gasteiger partial charge in [-0.1, -0.05) is 6.07 Å². The highest BCUT2D eigenvalue weighted by Crippen LogP contribution is 2.43. The van der Waals surface area contributed by atoms with Gasteiger partial charge in [0.1, 0.15) is 0 Å². The largest absolute Gasteiger partial charge is 0.490 e. The number of carboxylic acid groups (broad SMARTS) is 1. The maximum Gasteiger partial charge on any atom is 0.490 e. The third-order valence-corrected chi connectivity index (χ3v) is 6.36. The highest BCUT2D eigenvalue weighted by molar-refractivity contribution is 7.12. The minimum atomic E-state index is -5.08. The second-order valence-electron chi connectivity index (χ2n) is 7.52. The molecule has 2 aromatic rings. The first-order valence-corrected chi connectivity index (χ1v) is 10.8. The maximum atomic E-state index is 12.7. The number of anilines is 1. The molecule has 0 saturated carbocycles. The SMILES string of the molecule is O=C(O)C(F)(F)F.O=C(c1cccs1)N1CC[C@H]2OCC[C@@]2(CCNc2ncccn2)C1. The van der Waals surface area contributed by atoms with Crippen molar-refractivity contribution >= 4 is 29.2 Å². The summed E-state index contributed by atoms with van der Waals surface area (Å²) in [6.45, 7) is 3.11. The second kappa shape index (κ2) is 10.3. The zero-order valence-electron chi connectivity index (χ0n) is 17.0. The van der Waals surface area contributed by atoms with Gasteiger partial charge in [0.25, 0.3) is 5.91 Å². The van der Waals surface area contributed by atoms with Crippen molar-refractivity contribution in [3.05, 3.63) is 40.8 Å². The number of nitrogens with zero attached hydrogens (tertiary/aromatic N) is 3. The van der Waals surface area contributed by atoms with Crippen LogP contribution in [0.15, 0.2) is 36.0 Å². The van der Waals surface area contributed by atoms with E-state index in [1.165, 1.54) is 11.3 Å². The lowest BCUT2D eigenvalue weighted by molar-refractivity contribution is -0.192. The molecule has 4 heterocycles. The third kappa shape index (κ3) is 5.94. The van der Waals surface area contributed by atoms with Crippen molar-refractivity contribution < 1.29 is 32.6 Å². The summed E-state index contributed by atoms with van der Waals surface area (Å²) in [6, 6.07) is 5.65. The summed E-state index contributed by atoms with van der Waals surface area (Å²) in [5.74, 6) is -1.96. The van der Waals surface area contributed by atoms with E-state index < -0.39 is 12.1 Å². The number of fused-ring (bicyclic) bond motifs is 1. The Labute approximate surface area is 186 Å². The number of hydrogen-bond donors (Lipinski definition) is 2. The van der Waals surface area contributed by atoms with Crippen LogP contribution in [-0.4, -0.2) is 70.4 Å². The number of piperidine rings is 1. The van der Waals surface area contributed by atoms with Gasteiger partial charge in [-0.25, -0.2) is 14.8 Å². The van der Waals surface area contributed by atoms with Crippen LogP contribution in [0, 0.1) is 5.41 Å². The first kappa shape index (κ1) is 23.9. The summed E-state index contributed by atoms with van der Waals surface area (Å²) in [7, 11) is 0. The van der Waals surface area contributed by atoms with Gasteiger partial charge in [0.05, 0.1) is 11.0 Å². The molecule has 0 unspecified atom stereocenters. The number of amides is 1. The van der Waals surface area contributed by atoms with E-state index in [0.29, 0.717) is 5.95 Å². The van der Waals surface area contributed by atoms with Gasteiger partial charge in [-0.15, -0.1) is 11.3 Å². The number of rotatable bonds is 5. The molecule has 8 nitrogen and oxygen atoms in total. The van der Waals surface area contributed by atoms with Crippen LogP contribution in [0.1, 0.15) is 28.9 Å². The summed E-state index contributed by atoms with van der Waals surface area (Å²) in [5.41, 5.74) is 0.0347. The normalized spacial score (nSPS) is 22.5. The van der Waals surface area contributed by atoms with Crippen molar-refractivity contribution in [3.8, 4) is 0 Å². The number of aliphatic carboxylic acids is 1. The van der Waals surface area contributed by atoms with Crippen LogP contribution >= 0.6 is 11.3 Å². The molecule has 2 N–H and O–H groups in total. The fourth-order valence-electron chi connectivity index (χ4n) is 3.95. The lowest BCUT2D eigenvalue weighted by Gasteiger charge is -2.43. The molecule has 2 aliphatic heterocycles. The van der Waals surface area contributed by atoms with Crippen molar-refractivity contribution in [2.24, 2.45) is 5.41 Å². The minimum Gasteiger partial charge on any atom is -0.475 e. The Balaban J connectivity index is 0.000000360. The van der Waals surface area contributed by atoms with Gasteiger partial charge in [-0.3, -0.25) is 4.79 Å². The Hall–Kier alpha value is -2.73. The monoisotopic (exact) mass is 472 g/mol. The topological polar surface area (TPSA) is 105 Å². The van der Waals surface area contributed by atoms with E-state index in [9.17, 15) is 18.0 Å². The van der Waals surface area contributed by atoms with Crippen molar-refractivity contribution in [2.45, 2.75) is 31.5 Å². The number of carbonyl (C=O) groups is 2. The molecule has 32 heavy (non-hydrogen) atoms. The van der Waals surface area contributed by atoms with Crippen LogP contribution in [0.2, 0.25) is 0 Å². The number of halogens is 3. The summed E-state index contributed by atoms with van der Waals surface area (Å²) >= 11 is 1.51. The molecular weight excluding hydrogens is 449 g/mol. The molecule has 174 valence electrons. The van der Waals surface area contributed by atoms with Gasteiger partial charge in [-0.2, -0.15) is 13.2 Å². The van der Waals surface area contributed by atoms with Crippen molar-refractivity contribution in [1.29, 1.82) is 0 Å². The summed E-state index contributed by atoms with van der Waals surface area (Å²) in [6.07, 6.45) is 1.50. The molecule has 0 spiro atoms. The number of carbonyl (C=O) groups excluding carboxylic acids is 1. The number of aromatic nitrogens is 2. The molecule has 12 heteroatoms. The predicted octanol–water partition coefficient (Wildman–Crippen LogP) is 3.29. The molecule has 4 rings (SSSR count). The maximum absolute atomic E-state index is 12.7. The molecule has 2 fully saturated rings. The first-order valence-electron chi connectivity index (χ1n) is 9.97. The minimum absolute atomic E-state index is 0.0347. The van der Waals surface area contributed by atoms with E-state index in [1.54, 1.807) is 18.5 Å². The molecule has 2 aromatic heterocycles. The van der Waals surface area contributed by atoms with E-state index in [4.69, 9.17) is 14.6 Å². The Morgan fingerprint density at radius 1 is 1.31 bits per heavy atom. The van der Waals surface area contributed by atoms with Crippen molar-refractivity contribution in [2.75, 3.05) is 31.6 Å². The van der Waals surface area contributed by atoms with E-state index in [2.05, 4.69) is 15.3 Å². The van der Waals surface area contributed by atoms with Crippen LogP contribution in [-0.2, 0) is 9.53 Å². The molecule has 2 aliphatic rings. The third-order valence-electron chi connectivity index (χ3n) is 5.50. The Bertz CT molecular complexity index is 898. The van der Waals surface area contributed by atoms with Gasteiger partial charge in [0.15, 0.2) is 0 Å². The Morgan fingerprint density at radius 2 is 2.03 bits per heavy atom. The lowest BCUT2D eigenvalue weighted by Crippen LogP contribution is -2.52. The zero-order valence-corrected chi connectivity index (χ0v) is 17.9. The standard InChI is InChI=1S/C18H22N4O2S.C2HF3O2/c23-16(14-3-1-12-25-14)22-10-4-15-18(13-22,6-11-24-15)5-9-21-17-19-7-2-8-20-17;3-2(4,5)1(6)7/h1-3,7-8,12,15H,4-6,9-11,13H2,(H,19,20,21);(H,6,7)/t15-,18+;/m1./s1. The van der Waals surface area contributed by atoms with Gasteiger partial charge >= 0.3 is 12.1 Å². The second-order valence-corrected chi connectivity index (χ2v) is 8.46. The highest BCUT2D eigenvalue weighted by Gasteiger charge is 2.48. The number of ether oxygens (including phenoxy) is 1. The number of hydrogen-bond acceptors (Lipinski definition) is 7. The highest BCUT2D eigenvalue weighted by atomic mass is 32.1. The van der Waals surface area contributed by atoms with E-state index in [1.807, 2.05) is 22.4 Å². The number of thiophene rings is 1. The van der Waals surface area contributed by atoms with Crippen LogP contribution in [0.3, 0.4) is 0 Å². The Morgan fingerprint density at radius 3 is 2.66 bits per heavy atom. The zero-order chi connectivity index (χ0) is 23.2. The van der Waals surface area contributed by atoms with Crippen molar-refractivity contribution in [1.82, 2.24) is 14.9 Å². The number of alkyl halides is 3. The number of likely N-dealkylation sites (tertiary alicyclic amines) is 1. The number of carboxylic acids is 1. The molecule has 0 bridgehead atoms. The van der Waals surface area contributed by atoms with Gasteiger partial charge < -0.3 is 20.1 Å².